The van der Waals surface area contributed by atoms with Gasteiger partial charge in [0, 0.05) is 43.6 Å². The van der Waals surface area contributed by atoms with Crippen LogP contribution in [0.4, 0.5) is 0 Å². The minimum atomic E-state index is -0.341. The molecule has 7 heteroatoms. The Morgan fingerprint density at radius 1 is 1.23 bits per heavy atom. The Morgan fingerprint density at radius 3 is 2.50 bits per heavy atom. The maximum Gasteiger partial charge on any atom is 0.348 e. The van der Waals surface area contributed by atoms with E-state index >= 15 is 0 Å². The average molecular weight is 362 g/mol. The number of hydrogen-bond donors (Lipinski definition) is 0. The second-order valence-corrected chi connectivity index (χ2v) is 7.51. The van der Waals surface area contributed by atoms with E-state index < -0.39 is 0 Å². The zero-order valence-electron chi connectivity index (χ0n) is 16.1. The van der Waals surface area contributed by atoms with Crippen molar-refractivity contribution in [2.45, 2.75) is 46.2 Å². The van der Waals surface area contributed by atoms with Crippen LogP contribution in [0.1, 0.15) is 31.2 Å². The minimum absolute atomic E-state index is 0.0123. The van der Waals surface area contributed by atoms with E-state index in [-0.39, 0.29) is 18.1 Å². The van der Waals surface area contributed by atoms with Gasteiger partial charge in [-0.2, -0.15) is 4.98 Å². The van der Waals surface area contributed by atoms with Crippen LogP contribution in [0.5, 0.6) is 0 Å². The van der Waals surface area contributed by atoms with E-state index in [4.69, 9.17) is 4.74 Å². The van der Waals surface area contributed by atoms with Gasteiger partial charge in [-0.05, 0) is 45.6 Å². The summed E-state index contributed by atoms with van der Waals surface area (Å²) in [5.74, 6) is 0.626. The van der Waals surface area contributed by atoms with Crippen LogP contribution < -0.4 is 5.69 Å². The molecule has 1 aromatic heterocycles. The number of amides is 1. The molecule has 2 fully saturated rings. The average Bonchev–Trinajstić information content (AvgIpc) is 2.64. The Balaban J connectivity index is 1.54. The number of aromatic nitrogens is 2. The van der Waals surface area contributed by atoms with Gasteiger partial charge in [0.25, 0.3) is 0 Å². The summed E-state index contributed by atoms with van der Waals surface area (Å²) in [4.78, 5) is 33.1. The van der Waals surface area contributed by atoms with Gasteiger partial charge in [-0.15, -0.1) is 0 Å². The number of carbonyl (C=O) groups excluding carboxylic acids is 1. The number of morpholine rings is 1. The Hall–Kier alpha value is -1.73. The third kappa shape index (κ3) is 4.32. The Kier molecular flexibility index (Phi) is 6.09. The number of likely N-dealkylation sites (tertiary alicyclic amines) is 1. The number of nitrogens with zero attached hydrogens (tertiary/aromatic N) is 4. The summed E-state index contributed by atoms with van der Waals surface area (Å²) in [6.45, 7) is 11.2. The van der Waals surface area contributed by atoms with Crippen LogP contribution in [0.3, 0.4) is 0 Å². The van der Waals surface area contributed by atoms with Gasteiger partial charge in [-0.1, -0.05) is 0 Å². The summed E-state index contributed by atoms with van der Waals surface area (Å²) in [7, 11) is 0. The van der Waals surface area contributed by atoms with Gasteiger partial charge in [0.05, 0.1) is 13.2 Å². The highest BCUT2D eigenvalue weighted by atomic mass is 16.5. The quantitative estimate of drug-likeness (QED) is 0.793. The van der Waals surface area contributed by atoms with Crippen molar-refractivity contribution >= 4 is 5.91 Å². The summed E-state index contributed by atoms with van der Waals surface area (Å²) in [6, 6.07) is 2.37. The summed E-state index contributed by atoms with van der Waals surface area (Å²) < 4.78 is 6.91. The molecule has 1 amide bonds. The molecule has 2 saturated heterocycles. The van der Waals surface area contributed by atoms with Crippen molar-refractivity contribution in [1.29, 1.82) is 0 Å². The fourth-order valence-corrected chi connectivity index (χ4v) is 4.12. The maximum atomic E-state index is 12.6. The van der Waals surface area contributed by atoms with Crippen molar-refractivity contribution in [3.63, 3.8) is 0 Å². The summed E-state index contributed by atoms with van der Waals surface area (Å²) in [6.07, 6.45) is 2.04. The van der Waals surface area contributed by atoms with E-state index in [2.05, 4.69) is 16.8 Å². The molecule has 144 valence electrons. The van der Waals surface area contributed by atoms with Crippen LogP contribution in [0.25, 0.3) is 0 Å². The number of ether oxygens (including phenoxy) is 1. The molecule has 26 heavy (non-hydrogen) atoms. The highest BCUT2D eigenvalue weighted by Crippen LogP contribution is 2.24. The lowest BCUT2D eigenvalue weighted by Crippen LogP contribution is -2.49. The van der Waals surface area contributed by atoms with Crippen molar-refractivity contribution in [3.05, 3.63) is 27.9 Å². The summed E-state index contributed by atoms with van der Waals surface area (Å²) in [5.41, 5.74) is 1.13. The lowest BCUT2D eigenvalue weighted by atomic mass is 9.89. The van der Waals surface area contributed by atoms with Crippen LogP contribution in [-0.4, -0.2) is 70.7 Å². The number of carbonyl (C=O) groups is 1. The van der Waals surface area contributed by atoms with Gasteiger partial charge >= 0.3 is 5.69 Å². The number of rotatable bonds is 4. The largest absolute Gasteiger partial charge is 0.379 e. The van der Waals surface area contributed by atoms with E-state index in [1.165, 1.54) is 4.57 Å². The highest BCUT2D eigenvalue weighted by molar-refractivity contribution is 5.76. The summed E-state index contributed by atoms with van der Waals surface area (Å²) in [5, 5.41) is 0. The molecule has 0 bridgehead atoms. The van der Waals surface area contributed by atoms with Crippen LogP contribution in [0, 0.1) is 19.8 Å². The van der Waals surface area contributed by atoms with Gasteiger partial charge in [0.15, 0.2) is 0 Å². The first-order chi connectivity index (χ1) is 12.5. The molecule has 0 saturated carbocycles. The number of hydrogen-bond acceptors (Lipinski definition) is 5. The molecule has 2 aliphatic heterocycles. The SMILES string of the molecule is Cc1cc(C)n(CC(=O)N2CCC([C@H](C)N3CCOCC3)CC2)c(=O)n1. The first kappa shape index (κ1) is 19.0. The van der Waals surface area contributed by atoms with Crippen molar-refractivity contribution in [2.24, 2.45) is 5.92 Å². The highest BCUT2D eigenvalue weighted by Gasteiger charge is 2.30. The first-order valence-corrected chi connectivity index (χ1v) is 9.60. The molecule has 0 aromatic carbocycles. The predicted molar refractivity (Wildman–Crippen MR) is 99.1 cm³/mol. The molecule has 1 atom stereocenters. The maximum absolute atomic E-state index is 12.6. The van der Waals surface area contributed by atoms with Crippen LogP contribution >= 0.6 is 0 Å². The van der Waals surface area contributed by atoms with Crippen molar-refractivity contribution in [1.82, 2.24) is 19.4 Å². The van der Waals surface area contributed by atoms with E-state index in [1.54, 1.807) is 6.92 Å². The van der Waals surface area contributed by atoms with E-state index in [9.17, 15) is 9.59 Å². The van der Waals surface area contributed by atoms with Crippen LogP contribution in [0.15, 0.2) is 10.9 Å². The Morgan fingerprint density at radius 2 is 1.88 bits per heavy atom. The zero-order chi connectivity index (χ0) is 18.7. The molecule has 2 aliphatic rings. The second kappa shape index (κ2) is 8.31. The molecule has 0 N–H and O–H groups in total. The lowest BCUT2D eigenvalue weighted by molar-refractivity contribution is -0.133. The Labute approximate surface area is 154 Å². The molecule has 0 unspecified atom stereocenters. The third-order valence-electron chi connectivity index (χ3n) is 5.84. The van der Waals surface area contributed by atoms with Gasteiger partial charge in [-0.3, -0.25) is 14.3 Å². The normalized spacial score (nSPS) is 21.0. The molecule has 0 aliphatic carbocycles. The predicted octanol–water partition coefficient (Wildman–Crippen LogP) is 0.819. The molecule has 0 spiro atoms. The topological polar surface area (TPSA) is 67.7 Å². The molecule has 1 aromatic rings. The van der Waals surface area contributed by atoms with Crippen LogP contribution in [-0.2, 0) is 16.1 Å². The van der Waals surface area contributed by atoms with Gasteiger partial charge in [0.1, 0.15) is 6.54 Å². The van der Waals surface area contributed by atoms with E-state index in [0.717, 1.165) is 57.9 Å². The van der Waals surface area contributed by atoms with Crippen molar-refractivity contribution in [2.75, 3.05) is 39.4 Å². The smallest absolute Gasteiger partial charge is 0.348 e. The third-order valence-corrected chi connectivity index (χ3v) is 5.84. The molecular weight excluding hydrogens is 332 g/mol. The fourth-order valence-electron chi connectivity index (χ4n) is 4.12. The van der Waals surface area contributed by atoms with E-state index in [1.807, 2.05) is 17.9 Å². The first-order valence-electron chi connectivity index (χ1n) is 9.60. The van der Waals surface area contributed by atoms with Crippen molar-refractivity contribution in [3.8, 4) is 0 Å². The zero-order valence-corrected chi connectivity index (χ0v) is 16.1. The van der Waals surface area contributed by atoms with Gasteiger partial charge in [0.2, 0.25) is 5.91 Å². The fraction of sp³-hybridized carbons (Fsp3) is 0.737. The van der Waals surface area contributed by atoms with Gasteiger partial charge < -0.3 is 9.64 Å². The lowest BCUT2D eigenvalue weighted by Gasteiger charge is -2.41. The molecular formula is C19H30N4O3. The molecule has 3 heterocycles. The van der Waals surface area contributed by atoms with Crippen molar-refractivity contribution < 1.29 is 9.53 Å². The van der Waals surface area contributed by atoms with Gasteiger partial charge in [-0.25, -0.2) is 4.79 Å². The number of piperidine rings is 1. The summed E-state index contributed by atoms with van der Waals surface area (Å²) >= 11 is 0. The molecule has 7 nitrogen and oxygen atoms in total. The number of aryl methyl sites for hydroxylation is 2. The molecule has 3 rings (SSSR count). The monoisotopic (exact) mass is 362 g/mol. The van der Waals surface area contributed by atoms with Crippen LogP contribution in [0.2, 0.25) is 0 Å². The Bertz CT molecular complexity index is 689. The second-order valence-electron chi connectivity index (χ2n) is 7.51. The standard InChI is InChI=1S/C19H30N4O3/c1-14-12-15(2)23(19(25)20-14)13-18(24)22-6-4-17(5-7-22)16(3)21-8-10-26-11-9-21/h12,16-17H,4-11,13H2,1-3H3/t16-/m0/s1. The van der Waals surface area contributed by atoms with E-state index in [0.29, 0.717) is 17.7 Å². The molecule has 0 radical (unpaired) electrons. The minimum Gasteiger partial charge on any atom is -0.379 e.